The molecule has 1 atom stereocenters. The topological polar surface area (TPSA) is 21.1 Å². The van der Waals surface area contributed by atoms with E-state index in [0.29, 0.717) is 5.92 Å². The molecular weight excluding hydrogens is 339 g/mol. The highest BCUT2D eigenvalue weighted by Crippen LogP contribution is 2.20. The molecule has 0 spiro atoms. The second-order valence-electron chi connectivity index (χ2n) is 4.61. The van der Waals surface area contributed by atoms with Crippen molar-refractivity contribution in [1.29, 1.82) is 0 Å². The molecule has 1 aromatic rings. The molecule has 17 heavy (non-hydrogen) atoms. The zero-order valence-electron chi connectivity index (χ0n) is 9.74. The van der Waals surface area contributed by atoms with E-state index in [9.17, 15) is 8.78 Å². The highest BCUT2D eigenvalue weighted by Gasteiger charge is 2.25. The van der Waals surface area contributed by atoms with Crippen molar-refractivity contribution in [1.82, 2.24) is 14.7 Å². The van der Waals surface area contributed by atoms with Gasteiger partial charge in [0.1, 0.15) is 3.70 Å². The van der Waals surface area contributed by atoms with Crippen LogP contribution in [0.2, 0.25) is 0 Å². The van der Waals surface area contributed by atoms with Crippen LogP contribution in [-0.4, -0.2) is 40.7 Å². The molecule has 0 saturated carbocycles. The highest BCUT2D eigenvalue weighted by molar-refractivity contribution is 14.1. The summed E-state index contributed by atoms with van der Waals surface area (Å²) in [6.45, 7) is 4.33. The fourth-order valence-electron chi connectivity index (χ4n) is 2.26. The number of aryl methyl sites for hydroxylation is 1. The molecule has 2 rings (SSSR count). The van der Waals surface area contributed by atoms with E-state index in [4.69, 9.17) is 0 Å². The molecule has 1 unspecified atom stereocenters. The van der Waals surface area contributed by atoms with Crippen LogP contribution in [0.15, 0.2) is 6.20 Å². The molecule has 0 radical (unpaired) electrons. The van der Waals surface area contributed by atoms with Crippen molar-refractivity contribution in [3.8, 4) is 0 Å². The van der Waals surface area contributed by atoms with Crippen LogP contribution in [0.1, 0.15) is 12.0 Å². The summed E-state index contributed by atoms with van der Waals surface area (Å²) in [6, 6.07) is 0. The number of aromatic nitrogens is 2. The lowest BCUT2D eigenvalue weighted by atomic mass is 10.1. The van der Waals surface area contributed by atoms with Crippen molar-refractivity contribution in [2.75, 3.05) is 19.6 Å². The van der Waals surface area contributed by atoms with Gasteiger partial charge in [0.25, 0.3) is 6.43 Å². The Morgan fingerprint density at radius 3 is 2.94 bits per heavy atom. The zero-order valence-corrected chi connectivity index (χ0v) is 11.9. The maximum absolute atomic E-state index is 12.2. The minimum Gasteiger partial charge on any atom is -0.297 e. The van der Waals surface area contributed by atoms with Gasteiger partial charge in [-0.3, -0.25) is 9.58 Å². The maximum atomic E-state index is 12.2. The summed E-state index contributed by atoms with van der Waals surface area (Å²) in [5.41, 5.74) is 1.17. The number of likely N-dealkylation sites (tertiary alicyclic amines) is 1. The van der Waals surface area contributed by atoms with Gasteiger partial charge in [-0.2, -0.15) is 5.10 Å². The average molecular weight is 355 g/mol. The third kappa shape index (κ3) is 3.37. The highest BCUT2D eigenvalue weighted by atomic mass is 127. The number of alkyl halides is 2. The molecule has 0 aliphatic carbocycles. The van der Waals surface area contributed by atoms with Crippen molar-refractivity contribution in [3.05, 3.63) is 15.5 Å². The minimum absolute atomic E-state index is 0.0915. The van der Waals surface area contributed by atoms with Gasteiger partial charge in [-0.05, 0) is 48.4 Å². The van der Waals surface area contributed by atoms with E-state index in [-0.39, 0.29) is 6.54 Å². The molecule has 1 aliphatic rings. The van der Waals surface area contributed by atoms with Gasteiger partial charge in [-0.1, -0.05) is 0 Å². The summed E-state index contributed by atoms with van der Waals surface area (Å²) in [6.07, 6.45) is 0.621. The largest absolute Gasteiger partial charge is 0.297 e. The lowest BCUT2D eigenvalue weighted by Crippen LogP contribution is -2.27. The summed E-state index contributed by atoms with van der Waals surface area (Å²) >= 11 is 2.28. The standard InChI is InChI=1S/C11H16F2IN3/c1-8-4-15-17(11(8)14)6-9-2-3-16(5-9)7-10(12)13/h4,9-10H,2-3,5-7H2,1H3. The van der Waals surface area contributed by atoms with Crippen LogP contribution in [-0.2, 0) is 6.54 Å². The molecule has 2 heterocycles. The van der Waals surface area contributed by atoms with Gasteiger partial charge in [0.05, 0.1) is 12.7 Å². The number of rotatable bonds is 4. The Morgan fingerprint density at radius 1 is 1.59 bits per heavy atom. The second-order valence-corrected chi connectivity index (χ2v) is 5.63. The van der Waals surface area contributed by atoms with Gasteiger partial charge in [-0.15, -0.1) is 0 Å². The van der Waals surface area contributed by atoms with Crippen molar-refractivity contribution in [3.63, 3.8) is 0 Å². The third-order valence-corrected chi connectivity index (χ3v) is 4.55. The first-order valence-corrected chi connectivity index (χ1v) is 6.82. The van der Waals surface area contributed by atoms with E-state index in [1.165, 1.54) is 5.56 Å². The molecule has 1 aliphatic heterocycles. The van der Waals surface area contributed by atoms with Crippen LogP contribution < -0.4 is 0 Å². The predicted octanol–water partition coefficient (Wildman–Crippen LogP) is 2.38. The van der Waals surface area contributed by atoms with Crippen LogP contribution in [0.5, 0.6) is 0 Å². The number of hydrogen-bond acceptors (Lipinski definition) is 2. The lowest BCUT2D eigenvalue weighted by Gasteiger charge is -2.15. The maximum Gasteiger partial charge on any atom is 0.251 e. The van der Waals surface area contributed by atoms with E-state index >= 15 is 0 Å². The van der Waals surface area contributed by atoms with Crippen molar-refractivity contribution in [2.24, 2.45) is 5.92 Å². The fraction of sp³-hybridized carbons (Fsp3) is 0.727. The van der Waals surface area contributed by atoms with Crippen LogP contribution in [0, 0.1) is 16.5 Å². The Morgan fingerprint density at radius 2 is 2.35 bits per heavy atom. The molecule has 0 N–H and O–H groups in total. The van der Waals surface area contributed by atoms with Gasteiger partial charge in [-0.25, -0.2) is 8.78 Å². The molecule has 0 bridgehead atoms. The Balaban J connectivity index is 1.87. The van der Waals surface area contributed by atoms with Crippen molar-refractivity contribution < 1.29 is 8.78 Å². The molecule has 1 aromatic heterocycles. The first-order chi connectivity index (χ1) is 8.06. The van der Waals surface area contributed by atoms with Gasteiger partial charge in [0, 0.05) is 18.7 Å². The van der Waals surface area contributed by atoms with E-state index in [0.717, 1.165) is 29.8 Å². The molecule has 1 fully saturated rings. The van der Waals surface area contributed by atoms with E-state index in [1.54, 1.807) is 0 Å². The van der Waals surface area contributed by atoms with E-state index in [1.807, 2.05) is 22.7 Å². The SMILES string of the molecule is Cc1cnn(CC2CCN(CC(F)F)C2)c1I. The van der Waals surface area contributed by atoms with Crippen molar-refractivity contribution >= 4 is 22.6 Å². The Kier molecular flexibility index (Phi) is 4.35. The molecule has 3 nitrogen and oxygen atoms in total. The van der Waals surface area contributed by atoms with Gasteiger partial charge >= 0.3 is 0 Å². The summed E-state index contributed by atoms with van der Waals surface area (Å²) < 4.78 is 27.6. The second kappa shape index (κ2) is 5.60. The summed E-state index contributed by atoms with van der Waals surface area (Å²) in [5, 5.41) is 4.31. The van der Waals surface area contributed by atoms with Crippen molar-refractivity contribution in [2.45, 2.75) is 26.3 Å². The van der Waals surface area contributed by atoms with Crippen LogP contribution in [0.3, 0.4) is 0 Å². The predicted molar refractivity (Wildman–Crippen MR) is 70.2 cm³/mol. The van der Waals surface area contributed by atoms with E-state index < -0.39 is 6.43 Å². The summed E-state index contributed by atoms with van der Waals surface area (Å²) in [5.74, 6) is 0.446. The lowest BCUT2D eigenvalue weighted by molar-refractivity contribution is 0.0974. The monoisotopic (exact) mass is 355 g/mol. The molecule has 1 saturated heterocycles. The Bertz CT molecular complexity index is 381. The quantitative estimate of drug-likeness (QED) is 0.774. The number of hydrogen-bond donors (Lipinski definition) is 0. The van der Waals surface area contributed by atoms with E-state index in [2.05, 4.69) is 27.7 Å². The van der Waals surface area contributed by atoms with Gasteiger partial charge in [0.15, 0.2) is 0 Å². The normalized spacial score (nSPS) is 21.6. The average Bonchev–Trinajstić information content (AvgIpc) is 2.80. The first-order valence-electron chi connectivity index (χ1n) is 5.74. The molecule has 0 amide bonds. The van der Waals surface area contributed by atoms with Crippen LogP contribution in [0.25, 0.3) is 0 Å². The molecule has 6 heteroatoms. The molecule has 96 valence electrons. The number of halogens is 3. The van der Waals surface area contributed by atoms with Crippen LogP contribution in [0.4, 0.5) is 8.78 Å². The zero-order chi connectivity index (χ0) is 12.4. The fourth-order valence-corrected chi connectivity index (χ4v) is 2.72. The molecular formula is C11H16F2IN3. The minimum atomic E-state index is -2.22. The Labute approximate surface area is 113 Å². The van der Waals surface area contributed by atoms with Crippen LogP contribution >= 0.6 is 22.6 Å². The Hall–Kier alpha value is -0.240. The van der Waals surface area contributed by atoms with Gasteiger partial charge in [0.2, 0.25) is 0 Å². The number of nitrogens with zero attached hydrogens (tertiary/aromatic N) is 3. The molecule has 0 aromatic carbocycles. The first kappa shape index (κ1) is 13.2. The summed E-state index contributed by atoms with van der Waals surface area (Å²) in [4.78, 5) is 1.85. The summed E-state index contributed by atoms with van der Waals surface area (Å²) in [7, 11) is 0. The third-order valence-electron chi connectivity index (χ3n) is 3.14. The smallest absolute Gasteiger partial charge is 0.251 e. The van der Waals surface area contributed by atoms with Gasteiger partial charge < -0.3 is 0 Å².